The van der Waals surface area contributed by atoms with Crippen LogP contribution in [0.15, 0.2) is 21.6 Å². The summed E-state index contributed by atoms with van der Waals surface area (Å²) in [5.74, 6) is 0. The summed E-state index contributed by atoms with van der Waals surface area (Å²) in [5.41, 5.74) is 2.35. The van der Waals surface area contributed by atoms with E-state index in [2.05, 4.69) is 22.6 Å². The van der Waals surface area contributed by atoms with E-state index in [0.29, 0.717) is 0 Å². The smallest absolute Gasteiger partial charge is 0.117 e. The lowest BCUT2D eigenvalue weighted by molar-refractivity contribution is 0.901. The van der Waals surface area contributed by atoms with Crippen molar-refractivity contribution < 1.29 is 0 Å². The first-order chi connectivity index (χ1) is 4.97. The van der Waals surface area contributed by atoms with E-state index < -0.39 is 0 Å². The summed E-state index contributed by atoms with van der Waals surface area (Å²) >= 11 is 0. The van der Waals surface area contributed by atoms with Crippen LogP contribution >= 0.6 is 0 Å². The Balaban J connectivity index is 2.32. The van der Waals surface area contributed by atoms with Crippen LogP contribution in [0.1, 0.15) is 12.8 Å². The van der Waals surface area contributed by atoms with Gasteiger partial charge in [0.05, 0.1) is 12.3 Å². The molecule has 0 aromatic heterocycles. The van der Waals surface area contributed by atoms with Crippen molar-refractivity contribution in [3.63, 3.8) is 0 Å². The van der Waals surface area contributed by atoms with Gasteiger partial charge in [0.1, 0.15) is 6.54 Å². The van der Waals surface area contributed by atoms with Gasteiger partial charge in [0, 0.05) is 6.21 Å². The highest BCUT2D eigenvalue weighted by atomic mass is 14.8. The van der Waals surface area contributed by atoms with Crippen LogP contribution in [0.2, 0.25) is 0 Å². The molecule has 2 heterocycles. The van der Waals surface area contributed by atoms with E-state index in [4.69, 9.17) is 0 Å². The summed E-state index contributed by atoms with van der Waals surface area (Å²) in [6.45, 7) is 3.77. The summed E-state index contributed by atoms with van der Waals surface area (Å²) in [5, 5.41) is 0. The van der Waals surface area contributed by atoms with Crippen molar-refractivity contribution in [2.24, 2.45) is 9.98 Å². The first-order valence-corrected chi connectivity index (χ1v) is 3.46. The fraction of sp³-hybridized carbons (Fsp3) is 0.375. The summed E-state index contributed by atoms with van der Waals surface area (Å²) in [7, 11) is 0. The first-order valence-electron chi connectivity index (χ1n) is 3.46. The molecule has 0 bridgehead atoms. The Morgan fingerprint density at radius 2 is 2.50 bits per heavy atom. The van der Waals surface area contributed by atoms with E-state index in [1.807, 2.05) is 6.21 Å². The normalized spacial score (nSPS) is 23.2. The molecule has 2 aliphatic heterocycles. The molecule has 2 nitrogen and oxygen atoms in total. The van der Waals surface area contributed by atoms with Crippen LogP contribution in [0.4, 0.5) is 0 Å². The van der Waals surface area contributed by atoms with Gasteiger partial charge in [-0.1, -0.05) is 6.08 Å². The third kappa shape index (κ3) is 0.897. The molecule has 50 valence electrons. The van der Waals surface area contributed by atoms with Crippen LogP contribution in [0, 0.1) is 6.54 Å². The Morgan fingerprint density at radius 1 is 1.50 bits per heavy atom. The third-order valence-electron chi connectivity index (χ3n) is 1.69. The molecule has 2 aliphatic rings. The van der Waals surface area contributed by atoms with Gasteiger partial charge in [0.25, 0.3) is 0 Å². The highest BCUT2D eigenvalue weighted by Crippen LogP contribution is 2.16. The van der Waals surface area contributed by atoms with Gasteiger partial charge in [-0.3, -0.25) is 9.98 Å². The van der Waals surface area contributed by atoms with Crippen LogP contribution in [-0.2, 0) is 0 Å². The second kappa shape index (κ2) is 2.37. The lowest BCUT2D eigenvalue weighted by Gasteiger charge is -2.13. The van der Waals surface area contributed by atoms with Crippen molar-refractivity contribution in [1.82, 2.24) is 0 Å². The molecule has 2 radical (unpaired) electrons. The molecule has 0 aromatic rings. The number of dihydropyridines is 1. The van der Waals surface area contributed by atoms with Gasteiger partial charge in [-0.05, 0) is 18.4 Å². The first kappa shape index (κ1) is 5.83. The maximum atomic E-state index is 4.10. The van der Waals surface area contributed by atoms with Gasteiger partial charge in [0.15, 0.2) is 0 Å². The molecule has 2 rings (SSSR count). The molecular weight excluding hydrogens is 124 g/mol. The highest BCUT2D eigenvalue weighted by Gasteiger charge is 2.11. The zero-order valence-corrected chi connectivity index (χ0v) is 5.67. The third-order valence-corrected chi connectivity index (χ3v) is 1.69. The molecule has 0 fully saturated rings. The highest BCUT2D eigenvalue weighted by molar-refractivity contribution is 6.39. The Morgan fingerprint density at radius 3 is 3.40 bits per heavy atom. The Bertz CT molecular complexity index is 223. The van der Waals surface area contributed by atoms with Crippen LogP contribution in [0.5, 0.6) is 0 Å². The largest absolute Gasteiger partial charge is 0.287 e. The molecular formula is C8H8N2. The molecule has 0 N–H and O–H groups in total. The van der Waals surface area contributed by atoms with E-state index >= 15 is 0 Å². The molecule has 0 amide bonds. The van der Waals surface area contributed by atoms with Gasteiger partial charge in [0.2, 0.25) is 0 Å². The van der Waals surface area contributed by atoms with Gasteiger partial charge >= 0.3 is 0 Å². The maximum absolute atomic E-state index is 4.10. The molecule has 0 aliphatic carbocycles. The minimum Gasteiger partial charge on any atom is -0.287 e. The Kier molecular flexibility index (Phi) is 1.38. The van der Waals surface area contributed by atoms with Crippen molar-refractivity contribution >= 4 is 11.9 Å². The van der Waals surface area contributed by atoms with Crippen molar-refractivity contribution in [1.29, 1.82) is 0 Å². The zero-order valence-electron chi connectivity index (χ0n) is 5.67. The van der Waals surface area contributed by atoms with E-state index in [1.54, 1.807) is 0 Å². The second-order valence-electron chi connectivity index (χ2n) is 2.38. The summed E-state index contributed by atoms with van der Waals surface area (Å²) < 4.78 is 0. The minimum atomic E-state index is 0.828. The Labute approximate surface area is 60.4 Å². The number of fused-ring (bicyclic) bond motifs is 1. The van der Waals surface area contributed by atoms with Crippen molar-refractivity contribution in [2.75, 3.05) is 6.54 Å². The number of nitrogens with zero attached hydrogens (tertiary/aromatic N) is 2. The van der Waals surface area contributed by atoms with Crippen LogP contribution in [0.25, 0.3) is 0 Å². The number of hydrogen-bond donors (Lipinski definition) is 0. The van der Waals surface area contributed by atoms with Gasteiger partial charge in [-0.15, -0.1) is 0 Å². The molecule has 0 spiro atoms. The zero-order chi connectivity index (χ0) is 6.81. The summed E-state index contributed by atoms with van der Waals surface area (Å²) in [6, 6.07) is 0. The van der Waals surface area contributed by atoms with Crippen LogP contribution in [-0.4, -0.2) is 18.5 Å². The summed E-state index contributed by atoms with van der Waals surface area (Å²) in [4.78, 5) is 8.19. The van der Waals surface area contributed by atoms with E-state index in [0.717, 1.165) is 25.1 Å². The average Bonchev–Trinajstić information content (AvgIpc) is 2.05. The monoisotopic (exact) mass is 132 g/mol. The predicted molar refractivity (Wildman–Crippen MR) is 41.4 cm³/mol. The van der Waals surface area contributed by atoms with Gasteiger partial charge in [-0.2, -0.15) is 0 Å². The lowest BCUT2D eigenvalue weighted by atomic mass is 10.0. The topological polar surface area (TPSA) is 24.7 Å². The summed E-state index contributed by atoms with van der Waals surface area (Å²) in [6.07, 6.45) is 6.02. The van der Waals surface area contributed by atoms with Crippen molar-refractivity contribution in [3.05, 3.63) is 18.2 Å². The van der Waals surface area contributed by atoms with Crippen LogP contribution in [0.3, 0.4) is 0 Å². The van der Waals surface area contributed by atoms with Gasteiger partial charge in [-0.25, -0.2) is 0 Å². The molecule has 0 saturated carbocycles. The lowest BCUT2D eigenvalue weighted by Crippen LogP contribution is -2.13. The van der Waals surface area contributed by atoms with Crippen molar-refractivity contribution in [2.45, 2.75) is 12.8 Å². The number of rotatable bonds is 0. The van der Waals surface area contributed by atoms with Crippen molar-refractivity contribution in [3.8, 4) is 0 Å². The minimum absolute atomic E-state index is 0.828. The predicted octanol–water partition coefficient (Wildman–Crippen LogP) is 1.27. The number of hydrogen-bond acceptors (Lipinski definition) is 2. The number of aliphatic imine (C=N–C) groups is 2. The van der Waals surface area contributed by atoms with E-state index in [1.165, 1.54) is 5.57 Å². The average molecular weight is 132 g/mol. The quantitative estimate of drug-likeness (QED) is 0.474. The molecule has 0 atom stereocenters. The molecule has 0 unspecified atom stereocenters. The molecule has 0 aromatic carbocycles. The van der Waals surface area contributed by atoms with Crippen LogP contribution < -0.4 is 0 Å². The Hall–Kier alpha value is -0.920. The SMILES string of the molecule is [C]1CCC2=CCN=CC2=N1. The fourth-order valence-corrected chi connectivity index (χ4v) is 1.15. The molecule has 10 heavy (non-hydrogen) atoms. The second-order valence-corrected chi connectivity index (χ2v) is 2.38. The molecule has 2 heteroatoms. The maximum Gasteiger partial charge on any atom is 0.117 e. The van der Waals surface area contributed by atoms with E-state index in [-0.39, 0.29) is 0 Å². The number of allylic oxidation sites excluding steroid dienone is 1. The molecule has 0 saturated heterocycles. The fourth-order valence-electron chi connectivity index (χ4n) is 1.15. The van der Waals surface area contributed by atoms with E-state index in [9.17, 15) is 0 Å². The van der Waals surface area contributed by atoms with Gasteiger partial charge < -0.3 is 0 Å². The standard InChI is InChI=1S/C8H8N2/c1-2-7-3-5-9-6-8(7)10-4-1/h3,6H,1-2,5H2.